The van der Waals surface area contributed by atoms with E-state index >= 15 is 0 Å². The lowest BCUT2D eigenvalue weighted by molar-refractivity contribution is -0.125. The molecule has 224 valence electrons. The Labute approximate surface area is 252 Å². The van der Waals surface area contributed by atoms with Crippen molar-refractivity contribution >= 4 is 33.2 Å². The van der Waals surface area contributed by atoms with Crippen LogP contribution in [0.1, 0.15) is 60.0 Å². The molecule has 2 aromatic carbocycles. The second-order valence-corrected chi connectivity index (χ2v) is 15.1. The molecule has 1 saturated carbocycles. The van der Waals surface area contributed by atoms with Crippen LogP contribution in [0.3, 0.4) is 0 Å². The van der Waals surface area contributed by atoms with Crippen molar-refractivity contribution in [3.05, 3.63) is 70.3 Å². The highest BCUT2D eigenvalue weighted by Gasteiger charge is 2.47. The standard InChI is InChI=1S/C32H37ClN2O6S/c33-24-6-8-26-21(15-24)3-1-10-31(26)19-35-18-23-4-7-25(23)29-17-32(37,12-13-40-29)11-2-14-42(38,39)34-30(36)22-5-9-28(41-20-31)27(35)16-22/h2,5-6,8-9,11,15-16,23,25,29,37H,1,3-4,7,10,12-14,17-20H2,(H,34,36)/b11-2+. The topological polar surface area (TPSA) is 105 Å². The van der Waals surface area contributed by atoms with E-state index in [-0.39, 0.29) is 23.0 Å². The van der Waals surface area contributed by atoms with Crippen molar-refractivity contribution in [2.45, 2.75) is 62.1 Å². The zero-order valence-electron chi connectivity index (χ0n) is 23.6. The third kappa shape index (κ3) is 5.23. The molecule has 4 bridgehead atoms. The van der Waals surface area contributed by atoms with Gasteiger partial charge in [-0.05, 0) is 85.4 Å². The molecule has 8 nitrogen and oxygen atoms in total. The van der Waals surface area contributed by atoms with E-state index in [1.807, 2.05) is 6.07 Å². The normalized spacial score (nSPS) is 34.6. The highest BCUT2D eigenvalue weighted by Crippen LogP contribution is 2.48. The summed E-state index contributed by atoms with van der Waals surface area (Å²) in [5.41, 5.74) is 2.20. The number of aliphatic hydroxyl groups is 1. The Bertz CT molecular complexity index is 1550. The minimum Gasteiger partial charge on any atom is -0.490 e. The van der Waals surface area contributed by atoms with Crippen molar-refractivity contribution in [3.63, 3.8) is 0 Å². The van der Waals surface area contributed by atoms with E-state index in [0.717, 1.165) is 49.4 Å². The van der Waals surface area contributed by atoms with Crippen molar-refractivity contribution in [1.29, 1.82) is 0 Å². The largest absolute Gasteiger partial charge is 0.490 e. The number of nitrogens with one attached hydrogen (secondary N) is 1. The summed E-state index contributed by atoms with van der Waals surface area (Å²) in [5, 5.41) is 12.1. The summed E-state index contributed by atoms with van der Waals surface area (Å²) in [4.78, 5) is 15.6. The lowest BCUT2D eigenvalue weighted by atomic mass is 9.66. The Morgan fingerprint density at radius 2 is 2.00 bits per heavy atom. The molecule has 5 aliphatic rings. The summed E-state index contributed by atoms with van der Waals surface area (Å²) in [6, 6.07) is 11.4. The average Bonchev–Trinajstić information content (AvgIpc) is 3.07. The molecular weight excluding hydrogens is 576 g/mol. The van der Waals surface area contributed by atoms with Crippen molar-refractivity contribution < 1.29 is 27.8 Å². The third-order valence-electron chi connectivity index (χ3n) is 10.1. The molecule has 1 amide bonds. The van der Waals surface area contributed by atoms with Gasteiger partial charge in [0.15, 0.2) is 0 Å². The van der Waals surface area contributed by atoms with Gasteiger partial charge in [-0.3, -0.25) is 4.79 Å². The SMILES string of the molecule is O=C1NS(=O)(=O)C/C=C/C2(O)CCOC(C2)C2CCC2CN2CC3(CCCc4cc(Cl)ccc43)COc3ccc1cc32. The minimum absolute atomic E-state index is 0.100. The van der Waals surface area contributed by atoms with Crippen molar-refractivity contribution in [1.82, 2.24) is 4.72 Å². The van der Waals surface area contributed by atoms with E-state index in [4.69, 9.17) is 21.1 Å². The first-order chi connectivity index (χ1) is 20.1. The zero-order chi connectivity index (χ0) is 29.1. The summed E-state index contributed by atoms with van der Waals surface area (Å²) in [6.45, 7) is 2.39. The fraction of sp³-hybridized carbons (Fsp3) is 0.531. The predicted octanol–water partition coefficient (Wildman–Crippen LogP) is 4.38. The Morgan fingerprint density at radius 3 is 2.83 bits per heavy atom. The summed E-state index contributed by atoms with van der Waals surface area (Å²) >= 11 is 6.39. The molecule has 3 aliphatic heterocycles. The fourth-order valence-electron chi connectivity index (χ4n) is 7.81. The van der Waals surface area contributed by atoms with Crippen molar-refractivity contribution in [3.8, 4) is 5.75 Å². The number of aryl methyl sites for hydroxylation is 1. The van der Waals surface area contributed by atoms with Crippen LogP contribution in [0.2, 0.25) is 5.02 Å². The molecule has 2 aromatic rings. The Hall–Kier alpha value is -2.59. The van der Waals surface area contributed by atoms with Gasteiger partial charge in [-0.25, -0.2) is 13.1 Å². The van der Waals surface area contributed by atoms with Crippen molar-refractivity contribution in [2.75, 3.05) is 37.0 Å². The summed E-state index contributed by atoms with van der Waals surface area (Å²) in [5.74, 6) is 0.250. The van der Waals surface area contributed by atoms with E-state index in [1.165, 1.54) is 17.2 Å². The molecule has 5 unspecified atom stereocenters. The number of halogens is 1. The number of ether oxygens (including phenoxy) is 2. The van der Waals surface area contributed by atoms with Gasteiger partial charge in [-0.2, -0.15) is 0 Å². The van der Waals surface area contributed by atoms with Gasteiger partial charge in [-0.15, -0.1) is 0 Å². The number of carbonyl (C=O) groups is 1. The van der Waals surface area contributed by atoms with Gasteiger partial charge in [0.2, 0.25) is 10.0 Å². The highest BCUT2D eigenvalue weighted by atomic mass is 35.5. The third-order valence-corrected chi connectivity index (χ3v) is 11.5. The molecule has 2 aliphatic carbocycles. The summed E-state index contributed by atoms with van der Waals surface area (Å²) in [7, 11) is -3.96. The number of benzene rings is 2. The molecule has 1 saturated heterocycles. The van der Waals surface area contributed by atoms with Gasteiger partial charge >= 0.3 is 0 Å². The molecule has 2 fully saturated rings. The molecule has 2 N–H and O–H groups in total. The van der Waals surface area contributed by atoms with Crippen LogP contribution in [0, 0.1) is 11.8 Å². The first kappa shape index (κ1) is 28.2. The van der Waals surface area contributed by atoms with Crippen LogP contribution in [0.4, 0.5) is 5.69 Å². The maximum atomic E-state index is 13.2. The molecule has 3 heterocycles. The highest BCUT2D eigenvalue weighted by molar-refractivity contribution is 7.90. The Kier molecular flexibility index (Phi) is 7.08. The fourth-order valence-corrected chi connectivity index (χ4v) is 8.84. The number of hydrogen-bond donors (Lipinski definition) is 2. The Balaban J connectivity index is 1.30. The zero-order valence-corrected chi connectivity index (χ0v) is 25.1. The van der Waals surface area contributed by atoms with Crippen LogP contribution in [-0.2, 0) is 26.6 Å². The second-order valence-electron chi connectivity index (χ2n) is 12.9. The molecule has 42 heavy (non-hydrogen) atoms. The number of fused-ring (bicyclic) bond motifs is 7. The van der Waals surface area contributed by atoms with Gasteiger partial charge in [0.25, 0.3) is 5.91 Å². The van der Waals surface area contributed by atoms with Gasteiger partial charge < -0.3 is 19.5 Å². The Morgan fingerprint density at radius 1 is 1.12 bits per heavy atom. The molecular formula is C32H37ClN2O6S. The van der Waals surface area contributed by atoms with E-state index in [2.05, 4.69) is 21.8 Å². The summed E-state index contributed by atoms with van der Waals surface area (Å²) < 4.78 is 40.6. The van der Waals surface area contributed by atoms with E-state index in [9.17, 15) is 18.3 Å². The smallest absolute Gasteiger partial charge is 0.264 e. The number of nitrogens with zero attached hydrogens (tertiary/aromatic N) is 1. The summed E-state index contributed by atoms with van der Waals surface area (Å²) in [6.07, 6.45) is 8.83. The van der Waals surface area contributed by atoms with Crippen LogP contribution in [0.25, 0.3) is 0 Å². The molecule has 0 aromatic heterocycles. The van der Waals surface area contributed by atoms with Gasteiger partial charge in [0.05, 0.1) is 36.4 Å². The van der Waals surface area contributed by atoms with Crippen LogP contribution in [0.15, 0.2) is 48.6 Å². The molecule has 5 atom stereocenters. The second kappa shape index (κ2) is 10.5. The van der Waals surface area contributed by atoms with Crippen molar-refractivity contribution in [2.24, 2.45) is 11.8 Å². The molecule has 0 radical (unpaired) electrons. The van der Waals surface area contributed by atoms with Crippen LogP contribution in [-0.4, -0.2) is 63.2 Å². The molecule has 1 spiro atoms. The van der Waals surface area contributed by atoms with Gasteiger partial charge in [-0.1, -0.05) is 29.8 Å². The number of hydrogen-bond acceptors (Lipinski definition) is 7. The number of amides is 1. The average molecular weight is 613 g/mol. The molecule has 7 rings (SSSR count). The lowest BCUT2D eigenvalue weighted by Crippen LogP contribution is -2.52. The minimum atomic E-state index is -3.96. The first-order valence-electron chi connectivity index (χ1n) is 15.0. The van der Waals surface area contributed by atoms with Gasteiger partial charge in [0, 0.05) is 41.9 Å². The number of carbonyl (C=O) groups excluding carboxylic acids is 1. The quantitative estimate of drug-likeness (QED) is 0.426. The van der Waals surface area contributed by atoms with Crippen LogP contribution in [0.5, 0.6) is 5.75 Å². The van der Waals surface area contributed by atoms with Crippen LogP contribution >= 0.6 is 11.6 Å². The maximum absolute atomic E-state index is 13.2. The maximum Gasteiger partial charge on any atom is 0.264 e. The van der Waals surface area contributed by atoms with E-state index in [0.29, 0.717) is 44.3 Å². The monoisotopic (exact) mass is 612 g/mol. The predicted molar refractivity (Wildman–Crippen MR) is 161 cm³/mol. The first-order valence-corrected chi connectivity index (χ1v) is 17.0. The number of rotatable bonds is 0. The number of anilines is 1. The molecule has 10 heteroatoms. The van der Waals surface area contributed by atoms with Crippen LogP contribution < -0.4 is 14.4 Å². The number of sulfonamides is 1. The lowest BCUT2D eigenvalue weighted by Gasteiger charge is -2.48. The van der Waals surface area contributed by atoms with E-state index in [1.54, 1.807) is 24.3 Å². The van der Waals surface area contributed by atoms with E-state index < -0.39 is 27.3 Å². The van der Waals surface area contributed by atoms with Gasteiger partial charge in [0.1, 0.15) is 5.75 Å².